The van der Waals surface area contributed by atoms with Crippen LogP contribution in [0.25, 0.3) is 11.2 Å². The van der Waals surface area contributed by atoms with Crippen LogP contribution in [0.4, 0.5) is 5.82 Å². The van der Waals surface area contributed by atoms with Crippen LogP contribution in [0.3, 0.4) is 0 Å². The molecule has 166 valence electrons. The second-order valence-corrected chi connectivity index (χ2v) is 9.26. The van der Waals surface area contributed by atoms with Crippen LogP contribution in [-0.2, 0) is 9.47 Å². The Hall–Kier alpha value is -1.13. The monoisotopic (exact) mass is 459 g/mol. The van der Waals surface area contributed by atoms with E-state index in [1.54, 1.807) is 6.33 Å². The van der Waals surface area contributed by atoms with E-state index >= 15 is 0 Å². The lowest BCUT2D eigenvalue weighted by molar-refractivity contribution is -0.0499. The first kappa shape index (κ1) is 22.1. The van der Waals surface area contributed by atoms with Gasteiger partial charge in [0, 0.05) is 19.1 Å². The molecule has 3 unspecified atom stereocenters. The summed E-state index contributed by atoms with van der Waals surface area (Å²) in [5.41, 5.74) is 1.29. The predicted molar refractivity (Wildman–Crippen MR) is 112 cm³/mol. The molecule has 0 spiro atoms. The Morgan fingerprint density at radius 1 is 1.27 bits per heavy atom. The van der Waals surface area contributed by atoms with Crippen LogP contribution in [0.15, 0.2) is 6.33 Å². The molecule has 30 heavy (non-hydrogen) atoms. The second-order valence-electron chi connectivity index (χ2n) is 7.70. The van der Waals surface area contributed by atoms with Crippen LogP contribution in [-0.4, -0.2) is 65.6 Å². The van der Waals surface area contributed by atoms with E-state index in [1.165, 1.54) is 12.8 Å². The predicted octanol–water partition coefficient (Wildman–Crippen LogP) is 2.53. The molecule has 2 aromatic heterocycles. The van der Waals surface area contributed by atoms with Gasteiger partial charge in [-0.2, -0.15) is 9.97 Å². The summed E-state index contributed by atoms with van der Waals surface area (Å²) in [7, 11) is -2.27. The Morgan fingerprint density at radius 2 is 2.07 bits per heavy atom. The number of imidazole rings is 1. The molecule has 3 heterocycles. The lowest BCUT2D eigenvalue weighted by Crippen LogP contribution is -2.22. The Morgan fingerprint density at radius 3 is 2.80 bits per heavy atom. The molecule has 4 N–H and O–H groups in total. The van der Waals surface area contributed by atoms with Gasteiger partial charge in [0.15, 0.2) is 25.4 Å². The zero-order valence-electron chi connectivity index (χ0n) is 16.5. The Labute approximate surface area is 180 Å². The summed E-state index contributed by atoms with van der Waals surface area (Å²) in [6, 6.07) is 0.379. The van der Waals surface area contributed by atoms with Crippen molar-refractivity contribution >= 4 is 37.0 Å². The number of ether oxygens (including phenoxy) is 2. The number of nitrogens with one attached hydrogen (secondary N) is 1. The minimum absolute atomic E-state index is 0.161. The van der Waals surface area contributed by atoms with Crippen molar-refractivity contribution in [2.24, 2.45) is 0 Å². The van der Waals surface area contributed by atoms with Gasteiger partial charge in [0.05, 0.1) is 19.0 Å². The molecule has 2 aliphatic rings. The second kappa shape index (κ2) is 9.99. The number of halogens is 1. The number of aromatic nitrogens is 4. The highest BCUT2D eigenvalue weighted by atomic mass is 35.5. The highest BCUT2D eigenvalue weighted by Crippen LogP contribution is 2.36. The van der Waals surface area contributed by atoms with E-state index in [9.17, 15) is 9.79 Å². The maximum Gasteiger partial charge on any atom is 0.226 e. The van der Waals surface area contributed by atoms with Crippen molar-refractivity contribution in [2.45, 2.75) is 69.2 Å². The van der Waals surface area contributed by atoms with Gasteiger partial charge < -0.3 is 29.7 Å². The van der Waals surface area contributed by atoms with Crippen molar-refractivity contribution in [3.8, 4) is 0 Å². The van der Waals surface area contributed by atoms with Crippen LogP contribution in [0.1, 0.15) is 51.2 Å². The number of anilines is 1. The average molecular weight is 460 g/mol. The van der Waals surface area contributed by atoms with Gasteiger partial charge in [0.25, 0.3) is 0 Å². The summed E-state index contributed by atoms with van der Waals surface area (Å²) < 4.78 is 13.5. The molecule has 10 nitrogen and oxygen atoms in total. The zero-order chi connectivity index (χ0) is 21.1. The lowest BCUT2D eigenvalue weighted by Gasteiger charge is -2.20. The van der Waals surface area contributed by atoms with Gasteiger partial charge in [-0.3, -0.25) is 4.57 Å². The van der Waals surface area contributed by atoms with Crippen molar-refractivity contribution in [2.75, 3.05) is 18.5 Å². The lowest BCUT2D eigenvalue weighted by atomic mass is 10.2. The third-order valence-electron chi connectivity index (χ3n) is 5.59. The molecule has 1 aliphatic carbocycles. The Balaban J connectivity index is 1.44. The molecule has 3 atom stereocenters. The quantitative estimate of drug-likeness (QED) is 0.329. The highest BCUT2D eigenvalue weighted by molar-refractivity contribution is 7.45. The van der Waals surface area contributed by atoms with Gasteiger partial charge >= 0.3 is 0 Å². The number of rotatable bonds is 9. The molecule has 12 heteroatoms. The van der Waals surface area contributed by atoms with E-state index in [4.69, 9.17) is 26.2 Å². The standard InChI is InChI=1S/C18H27ClN5O5P/c19-18-22-16(21-11-3-1-2-4-11)15-17(23-18)24(10-20-15)13-6-5-12(29-13)9-28-14(7-8-25)30(26)27/h10-14,25-27H,1-9H2,(H,21,22,23). The first-order valence-corrected chi connectivity index (χ1v) is 12.0. The summed E-state index contributed by atoms with van der Waals surface area (Å²) >= 11 is 6.19. The molecular formula is C18H27ClN5O5P. The number of hydrogen-bond donors (Lipinski definition) is 4. The molecule has 0 aromatic carbocycles. The van der Waals surface area contributed by atoms with Gasteiger partial charge in [0.1, 0.15) is 12.1 Å². The number of aliphatic hydroxyl groups excluding tert-OH is 1. The van der Waals surface area contributed by atoms with Crippen LogP contribution >= 0.6 is 20.0 Å². The fraction of sp³-hybridized carbons (Fsp3) is 0.722. The van der Waals surface area contributed by atoms with Crippen molar-refractivity contribution in [1.82, 2.24) is 19.5 Å². The fourth-order valence-corrected chi connectivity index (χ4v) is 4.80. The van der Waals surface area contributed by atoms with Gasteiger partial charge in [-0.1, -0.05) is 12.8 Å². The molecule has 2 aromatic rings. The van der Waals surface area contributed by atoms with Crippen molar-refractivity contribution in [3.05, 3.63) is 11.6 Å². The zero-order valence-corrected chi connectivity index (χ0v) is 18.2. The fourth-order valence-electron chi connectivity index (χ4n) is 4.07. The van der Waals surface area contributed by atoms with E-state index in [1.807, 2.05) is 4.57 Å². The number of hydrogen-bond acceptors (Lipinski definition) is 9. The van der Waals surface area contributed by atoms with Crippen molar-refractivity contribution in [3.63, 3.8) is 0 Å². The third-order valence-corrected chi connectivity index (χ3v) is 6.69. The summed E-state index contributed by atoms with van der Waals surface area (Å²) in [4.78, 5) is 32.0. The van der Waals surface area contributed by atoms with Gasteiger partial charge in [-0.25, -0.2) is 4.98 Å². The minimum atomic E-state index is -2.27. The summed E-state index contributed by atoms with van der Waals surface area (Å²) in [5.74, 6) is -0.128. The van der Waals surface area contributed by atoms with Gasteiger partial charge in [-0.05, 0) is 37.3 Å². The summed E-state index contributed by atoms with van der Waals surface area (Å²) in [5, 5.41) is 12.6. The maximum absolute atomic E-state index is 9.39. The number of fused-ring (bicyclic) bond motifs is 1. The SMILES string of the molecule is OCCC(OCC1CCC(n2cnc3c(NC4CCCC4)nc(Cl)nc32)O1)P(O)O. The van der Waals surface area contributed by atoms with Gasteiger partial charge in [0.2, 0.25) is 5.28 Å². The van der Waals surface area contributed by atoms with Crippen LogP contribution < -0.4 is 5.32 Å². The van der Waals surface area contributed by atoms with Crippen molar-refractivity contribution in [1.29, 1.82) is 0 Å². The molecule has 2 fully saturated rings. The van der Waals surface area contributed by atoms with E-state index in [2.05, 4.69) is 20.3 Å². The minimum Gasteiger partial charge on any atom is -0.396 e. The third kappa shape index (κ3) is 5.02. The molecule has 1 aliphatic heterocycles. The largest absolute Gasteiger partial charge is 0.396 e. The van der Waals surface area contributed by atoms with E-state index < -0.39 is 14.2 Å². The molecule has 0 radical (unpaired) electrons. The van der Waals surface area contributed by atoms with Gasteiger partial charge in [-0.15, -0.1) is 0 Å². The van der Waals surface area contributed by atoms with E-state index in [0.717, 1.165) is 25.7 Å². The molecule has 4 rings (SSSR count). The van der Waals surface area contributed by atoms with Crippen LogP contribution in [0, 0.1) is 0 Å². The topological polar surface area (TPSA) is 135 Å². The highest BCUT2D eigenvalue weighted by Gasteiger charge is 2.30. The normalized spacial score (nSPS) is 23.6. The molecule has 0 amide bonds. The number of nitrogens with zero attached hydrogens (tertiary/aromatic N) is 4. The Bertz CT molecular complexity index is 850. The first-order valence-electron chi connectivity index (χ1n) is 10.3. The summed E-state index contributed by atoms with van der Waals surface area (Å²) in [6.45, 7) is 0.0511. The molecular weight excluding hydrogens is 433 g/mol. The maximum atomic E-state index is 9.39. The Kier molecular flexibility index (Phi) is 7.36. The smallest absolute Gasteiger partial charge is 0.226 e. The number of aliphatic hydroxyl groups is 1. The molecule has 0 bridgehead atoms. The molecule has 1 saturated heterocycles. The van der Waals surface area contributed by atoms with Crippen LogP contribution in [0.5, 0.6) is 0 Å². The van der Waals surface area contributed by atoms with Crippen molar-refractivity contribution < 1.29 is 24.4 Å². The van der Waals surface area contributed by atoms with Crippen LogP contribution in [0.2, 0.25) is 5.28 Å². The van der Waals surface area contributed by atoms with E-state index in [0.29, 0.717) is 23.0 Å². The molecule has 1 saturated carbocycles. The first-order chi connectivity index (χ1) is 14.5. The van der Waals surface area contributed by atoms with E-state index in [-0.39, 0.29) is 37.3 Å². The summed E-state index contributed by atoms with van der Waals surface area (Å²) in [6.07, 6.45) is 7.53. The average Bonchev–Trinajstić information content (AvgIpc) is 3.45.